The lowest BCUT2D eigenvalue weighted by Crippen LogP contribution is -2.59. The predicted molar refractivity (Wildman–Crippen MR) is 259 cm³/mol. The Kier molecular flexibility index (Phi) is 24.1. The maximum absolute atomic E-state index is 14.0. The molecule has 0 spiro atoms. The number of carboxylic acids is 1. The van der Waals surface area contributed by atoms with Crippen LogP contribution < -0.4 is 65.1 Å². The summed E-state index contributed by atoms with van der Waals surface area (Å²) < 4.78 is 0. The lowest BCUT2D eigenvalue weighted by Gasteiger charge is -2.26. The molecule has 3 rings (SSSR count). The molecule has 1 aliphatic rings. The molecule has 18 N–H and O–H groups in total. The number of nitrogen functional groups attached to an aromatic ring is 1. The number of hydrogen-bond acceptors (Lipinski definition) is 16. The molecule has 26 nitrogen and oxygen atoms in total. The van der Waals surface area contributed by atoms with E-state index < -0.39 is 139 Å². The molecular formula is C43H59N13O13S2. The highest BCUT2D eigenvalue weighted by atomic mass is 32.2. The molecule has 2 aromatic rings. The van der Waals surface area contributed by atoms with Crippen molar-refractivity contribution in [1.29, 1.82) is 5.41 Å². The highest BCUT2D eigenvalue weighted by molar-refractivity contribution is 8.00. The average Bonchev–Trinajstić information content (AvgIpc) is 3.32. The van der Waals surface area contributed by atoms with Gasteiger partial charge in [0.05, 0.1) is 31.8 Å². The summed E-state index contributed by atoms with van der Waals surface area (Å²) in [6.07, 6.45) is -0.665. The number of nitrogens with two attached hydrogens (primary N) is 3. The van der Waals surface area contributed by atoms with Crippen molar-refractivity contribution in [3.63, 3.8) is 0 Å². The van der Waals surface area contributed by atoms with Gasteiger partial charge >= 0.3 is 5.97 Å². The van der Waals surface area contributed by atoms with Crippen LogP contribution in [0, 0.1) is 5.41 Å². The molecule has 0 aromatic heterocycles. The zero-order chi connectivity index (χ0) is 52.6. The minimum atomic E-state index is -1.84. The molecule has 1 aliphatic heterocycles. The van der Waals surface area contributed by atoms with Gasteiger partial charge in [0.15, 0.2) is 0 Å². The zero-order valence-electron chi connectivity index (χ0n) is 38.2. The van der Waals surface area contributed by atoms with E-state index in [1.54, 1.807) is 12.1 Å². The van der Waals surface area contributed by atoms with Crippen LogP contribution in [0.3, 0.4) is 0 Å². The number of rotatable bonds is 21. The number of thiol groups is 1. The van der Waals surface area contributed by atoms with Crippen molar-refractivity contribution >= 4 is 95.3 Å². The molecule has 71 heavy (non-hydrogen) atoms. The van der Waals surface area contributed by atoms with Gasteiger partial charge in [-0.1, -0.05) is 36.4 Å². The molecule has 0 radical (unpaired) electrons. The summed E-state index contributed by atoms with van der Waals surface area (Å²) in [5, 5.41) is 48.8. The molecule has 10 amide bonds. The zero-order valence-corrected chi connectivity index (χ0v) is 40.0. The van der Waals surface area contributed by atoms with Crippen LogP contribution in [0.2, 0.25) is 0 Å². The van der Waals surface area contributed by atoms with E-state index >= 15 is 0 Å². The SMILES string of the molecule is N=C(N)c1ccc(C[C@@H]2NC(=O)[C@@H](Cc3ccc(O)cc3)NC(=O)CSC[C@@H](C(=O)N[C@@H](CCCCN)C(=O)NCC(=O)N[C@@H](CS)C(=O)NCC(N)=O)NC(=O)[C@H](CC(=O)O)NC(=O)CNC2=O)cc1. The second-order valence-corrected chi connectivity index (χ2v) is 17.3. The number of phenolic OH excluding ortho intramolecular Hbond substituents is 1. The van der Waals surface area contributed by atoms with E-state index in [1.165, 1.54) is 36.4 Å². The van der Waals surface area contributed by atoms with Crippen molar-refractivity contribution in [2.45, 2.75) is 74.8 Å². The van der Waals surface area contributed by atoms with Crippen LogP contribution in [0.5, 0.6) is 5.75 Å². The molecule has 0 aliphatic carbocycles. The maximum atomic E-state index is 14.0. The van der Waals surface area contributed by atoms with Gasteiger partial charge < -0.3 is 75.3 Å². The number of primary amides is 1. The Bertz CT molecular complexity index is 2270. The molecule has 0 bridgehead atoms. The Labute approximate surface area is 416 Å². The average molecular weight is 1030 g/mol. The van der Waals surface area contributed by atoms with E-state index in [2.05, 4.69) is 60.5 Å². The molecule has 1 fully saturated rings. The number of benzene rings is 2. The maximum Gasteiger partial charge on any atom is 0.305 e. The topological polar surface area (TPSA) is 438 Å². The van der Waals surface area contributed by atoms with E-state index in [-0.39, 0.29) is 49.6 Å². The van der Waals surface area contributed by atoms with Crippen molar-refractivity contribution < 1.29 is 63.0 Å². The second-order valence-electron chi connectivity index (χ2n) is 15.9. The van der Waals surface area contributed by atoms with Crippen molar-refractivity contribution in [2.24, 2.45) is 17.2 Å². The van der Waals surface area contributed by atoms with E-state index in [1.807, 2.05) is 0 Å². The lowest BCUT2D eigenvalue weighted by atomic mass is 10.0. The summed E-state index contributed by atoms with van der Waals surface area (Å²) in [6.45, 7) is -1.83. The number of amidine groups is 1. The number of aliphatic carboxylic acids is 1. The van der Waals surface area contributed by atoms with Crippen molar-refractivity contribution in [3.8, 4) is 5.75 Å². The molecule has 0 saturated carbocycles. The summed E-state index contributed by atoms with van der Waals surface area (Å²) in [5.41, 5.74) is 17.6. The number of carboxylic acid groups (broad SMARTS) is 1. The number of amides is 10. The van der Waals surface area contributed by atoms with Gasteiger partial charge in [-0.05, 0) is 49.1 Å². The number of aromatic hydroxyl groups is 1. The third-order valence-electron chi connectivity index (χ3n) is 10.2. The molecule has 28 heteroatoms. The first kappa shape index (κ1) is 57.9. The third-order valence-corrected chi connectivity index (χ3v) is 11.6. The van der Waals surface area contributed by atoms with Gasteiger partial charge in [-0.2, -0.15) is 12.6 Å². The fourth-order valence-corrected chi connectivity index (χ4v) is 7.67. The van der Waals surface area contributed by atoms with Gasteiger partial charge in [0.25, 0.3) is 0 Å². The van der Waals surface area contributed by atoms with Gasteiger partial charge in [0, 0.05) is 29.9 Å². The Morgan fingerprint density at radius 1 is 0.746 bits per heavy atom. The van der Waals surface area contributed by atoms with Crippen LogP contribution >= 0.6 is 24.4 Å². The summed E-state index contributed by atoms with van der Waals surface area (Å²) in [7, 11) is 0. The van der Waals surface area contributed by atoms with Crippen LogP contribution in [-0.2, 0) is 65.6 Å². The number of carbonyl (C=O) groups excluding carboxylic acids is 10. The van der Waals surface area contributed by atoms with Crippen molar-refractivity contribution in [1.82, 2.24) is 47.9 Å². The first-order valence-corrected chi connectivity index (χ1v) is 23.7. The van der Waals surface area contributed by atoms with Crippen LogP contribution in [0.4, 0.5) is 0 Å². The Morgan fingerprint density at radius 3 is 1.92 bits per heavy atom. The Balaban J connectivity index is 1.92. The third kappa shape index (κ3) is 21.0. The Morgan fingerprint density at radius 2 is 1.32 bits per heavy atom. The van der Waals surface area contributed by atoms with Crippen LogP contribution in [-0.4, -0.2) is 161 Å². The fraction of sp³-hybridized carbons (Fsp3) is 0.442. The highest BCUT2D eigenvalue weighted by Crippen LogP contribution is 2.14. The quantitative estimate of drug-likeness (QED) is 0.0240. The molecule has 1 heterocycles. The van der Waals surface area contributed by atoms with Crippen molar-refractivity contribution in [3.05, 3.63) is 65.2 Å². The van der Waals surface area contributed by atoms with Crippen LogP contribution in [0.25, 0.3) is 0 Å². The normalized spacial score (nSPS) is 19.0. The number of nitrogens with one attached hydrogen (secondary N) is 10. The predicted octanol–water partition coefficient (Wildman–Crippen LogP) is -5.52. The standard InChI is InChI=1S/C43H59N13O13S2/c44-12-2-1-3-26(38(64)49-18-34(60)53-30(19-70)40(66)48-16-32(45)58)54-43(69)31-20-71-21-35(61)52-28(14-23-6-10-25(57)11-7-23)41(67)55-27(13-22-4-8-24(9-5-22)37(46)47)39(65)50-17-33(59)51-29(15-36(62)63)42(68)56-31/h4-11,26-31,57,70H,1-3,12-21,44H2,(H2,45,58)(H3,46,47)(H,48,66)(H,49,64)(H,50,65)(H,51,59)(H,52,61)(H,53,60)(H,54,69)(H,55,67)(H,56,68)(H,62,63)/t26-,27-,28+,29-,30-,31-/m0/s1. The van der Waals surface area contributed by atoms with E-state index in [4.69, 9.17) is 22.6 Å². The lowest BCUT2D eigenvalue weighted by molar-refractivity contribution is -0.141. The number of hydrogen-bond donors (Lipinski definition) is 16. The molecule has 6 atom stereocenters. The Hall–Kier alpha value is -7.46. The van der Waals surface area contributed by atoms with Gasteiger partial charge in [-0.15, -0.1) is 11.8 Å². The van der Waals surface area contributed by atoms with E-state index in [0.717, 1.165) is 11.8 Å². The highest BCUT2D eigenvalue weighted by Gasteiger charge is 2.33. The first-order chi connectivity index (χ1) is 33.7. The van der Waals surface area contributed by atoms with Gasteiger partial charge in [0.2, 0.25) is 59.1 Å². The number of carbonyl (C=O) groups is 11. The van der Waals surface area contributed by atoms with Gasteiger partial charge in [0.1, 0.15) is 47.8 Å². The van der Waals surface area contributed by atoms with Crippen LogP contribution in [0.1, 0.15) is 42.4 Å². The molecule has 1 saturated heterocycles. The number of unbranched alkanes of at least 4 members (excludes halogenated alkanes) is 1. The molecule has 386 valence electrons. The van der Waals surface area contributed by atoms with Crippen LogP contribution in [0.15, 0.2) is 48.5 Å². The first-order valence-electron chi connectivity index (χ1n) is 21.9. The van der Waals surface area contributed by atoms with Crippen molar-refractivity contribution in [2.75, 3.05) is 43.4 Å². The number of phenols is 1. The van der Waals surface area contributed by atoms with Gasteiger partial charge in [-0.3, -0.25) is 58.1 Å². The minimum absolute atomic E-state index is 0.0394. The summed E-state index contributed by atoms with van der Waals surface area (Å²) >= 11 is 4.81. The molecule has 2 aromatic carbocycles. The largest absolute Gasteiger partial charge is 0.508 e. The van der Waals surface area contributed by atoms with E-state index in [0.29, 0.717) is 23.1 Å². The monoisotopic (exact) mass is 1030 g/mol. The van der Waals surface area contributed by atoms with Gasteiger partial charge in [-0.25, -0.2) is 0 Å². The summed E-state index contributed by atoms with van der Waals surface area (Å²) in [6, 6.07) is 3.10. The van der Waals surface area contributed by atoms with E-state index in [9.17, 15) is 63.0 Å². The minimum Gasteiger partial charge on any atom is -0.508 e. The summed E-state index contributed by atoms with van der Waals surface area (Å²) in [4.78, 5) is 144. The fourth-order valence-electron chi connectivity index (χ4n) is 6.56. The number of thioether (sulfide) groups is 1. The molecular weight excluding hydrogens is 971 g/mol. The molecule has 0 unspecified atom stereocenters. The second kappa shape index (κ2) is 29.5. The smallest absolute Gasteiger partial charge is 0.305 e. The summed E-state index contributed by atoms with van der Waals surface area (Å²) in [5.74, 6) is -12.0.